The van der Waals surface area contributed by atoms with Crippen LogP contribution in [-0.2, 0) is 27.9 Å². The molecule has 11 heavy (non-hydrogen) atoms. The molecule has 0 heterocycles. The molecule has 0 aromatic carbocycles. The molecule has 0 atom stereocenters. The molecule has 0 spiro atoms. The number of carbonyl (C=O) groups is 3. The summed E-state index contributed by atoms with van der Waals surface area (Å²) < 4.78 is 0. The Hall–Kier alpha value is -0.643. The van der Waals surface area contributed by atoms with E-state index in [1.165, 1.54) is 0 Å². The molecule has 0 fully saturated rings. The molecular formula is C3H3LiO6S. The molecule has 58 valence electrons. The Balaban J connectivity index is -0.0000000150. The maximum Gasteiger partial charge on any atom is 2.00 e. The van der Waals surface area contributed by atoms with Gasteiger partial charge in [-0.15, -0.1) is 0 Å². The second kappa shape index (κ2) is 118. The number of carboxylic acid groups (broad SMARTS) is 3. The molecule has 4 radical (unpaired) electrons. The molecule has 0 aliphatic rings. The molecular weight excluding hydrogens is 171 g/mol. The van der Waals surface area contributed by atoms with Crippen LogP contribution in [0.15, 0.2) is 0 Å². The van der Waals surface area contributed by atoms with Gasteiger partial charge in [0, 0.05) is 19.4 Å². The van der Waals surface area contributed by atoms with Gasteiger partial charge in [-0.1, -0.05) is 0 Å². The standard InChI is InChI=1S/3CH2O2.Li.S/c3*2-1-3;;/h3*1H,(H,2,3);;/q;;;+1;+2/p-3. The average Bonchev–Trinajstić information content (AvgIpc) is 1.70. The van der Waals surface area contributed by atoms with Crippen LogP contribution in [0.5, 0.6) is 0 Å². The quantitative estimate of drug-likeness (QED) is 0.265. The largest absolute Gasteiger partial charge is 2.00 e. The molecule has 0 aliphatic heterocycles. The van der Waals surface area contributed by atoms with Crippen molar-refractivity contribution in [2.24, 2.45) is 0 Å². The van der Waals surface area contributed by atoms with E-state index in [1.54, 1.807) is 0 Å². The third-order valence-corrected chi connectivity index (χ3v) is 0. The summed E-state index contributed by atoms with van der Waals surface area (Å²) in [7, 11) is 0. The number of rotatable bonds is 0. The van der Waals surface area contributed by atoms with E-state index in [4.69, 9.17) is 29.7 Å². The first-order valence-electron chi connectivity index (χ1n) is 1.41. The van der Waals surface area contributed by atoms with Crippen LogP contribution in [0, 0.1) is 0 Å². The fourth-order valence-electron chi connectivity index (χ4n) is 0. The van der Waals surface area contributed by atoms with Gasteiger partial charge in [0.05, 0.1) is 0 Å². The first kappa shape index (κ1) is 31.6. The second-order valence-electron chi connectivity index (χ2n) is 0.289. The van der Waals surface area contributed by atoms with Crippen molar-refractivity contribution in [2.45, 2.75) is 0 Å². The van der Waals surface area contributed by atoms with E-state index in [1.807, 2.05) is 0 Å². The molecule has 0 bridgehead atoms. The molecule has 0 aromatic heterocycles. The monoisotopic (exact) mass is 174 g/mol. The van der Waals surface area contributed by atoms with Crippen LogP contribution in [0.4, 0.5) is 0 Å². The van der Waals surface area contributed by atoms with Gasteiger partial charge in [-0.3, -0.25) is 0 Å². The van der Waals surface area contributed by atoms with E-state index >= 15 is 0 Å². The van der Waals surface area contributed by atoms with Crippen molar-refractivity contribution in [1.82, 2.24) is 0 Å². The molecule has 0 aliphatic carbocycles. The zero-order chi connectivity index (χ0) is 8.12. The van der Waals surface area contributed by atoms with Crippen molar-refractivity contribution >= 4 is 32.9 Å². The van der Waals surface area contributed by atoms with Gasteiger partial charge < -0.3 is 29.7 Å². The minimum absolute atomic E-state index is 0. The number of hydrogen-bond donors (Lipinski definition) is 0. The minimum Gasteiger partial charge on any atom is -0.554 e. The van der Waals surface area contributed by atoms with Crippen molar-refractivity contribution in [2.75, 3.05) is 0 Å². The Morgan fingerprint density at radius 2 is 0.727 bits per heavy atom. The summed E-state index contributed by atoms with van der Waals surface area (Å²) in [5, 5.41) is 24.8. The average molecular weight is 174 g/mol. The van der Waals surface area contributed by atoms with Crippen molar-refractivity contribution in [3.8, 4) is 0 Å². The first-order valence-corrected chi connectivity index (χ1v) is 1.41. The van der Waals surface area contributed by atoms with E-state index in [0.29, 0.717) is 0 Å². The van der Waals surface area contributed by atoms with Crippen molar-refractivity contribution < 1.29 is 48.6 Å². The first-order chi connectivity index (χ1) is 4.24. The normalized spacial score (nSPS) is 3.27. The van der Waals surface area contributed by atoms with Crippen molar-refractivity contribution in [3.05, 3.63) is 0 Å². The number of carbonyl (C=O) groups excluding carboxylic acids is 3. The van der Waals surface area contributed by atoms with Crippen molar-refractivity contribution in [1.29, 1.82) is 0 Å². The fraction of sp³-hybridized carbons (Fsp3) is 0. The number of hydrogen-bond acceptors (Lipinski definition) is 6. The van der Waals surface area contributed by atoms with Gasteiger partial charge in [0.2, 0.25) is 0 Å². The zero-order valence-electron chi connectivity index (χ0n) is 5.59. The fourth-order valence-corrected chi connectivity index (χ4v) is 0. The van der Waals surface area contributed by atoms with Gasteiger partial charge in [0.15, 0.2) is 0 Å². The van der Waals surface area contributed by atoms with Gasteiger partial charge in [0.25, 0.3) is 0 Å². The Bertz CT molecular complexity index is 54.6. The topological polar surface area (TPSA) is 120 Å². The Labute approximate surface area is 81.8 Å². The second-order valence-corrected chi connectivity index (χ2v) is 0.289. The molecule has 8 heteroatoms. The van der Waals surface area contributed by atoms with Gasteiger partial charge in [0.1, 0.15) is 0 Å². The molecule has 0 saturated carbocycles. The smallest absolute Gasteiger partial charge is 0.554 e. The summed E-state index contributed by atoms with van der Waals surface area (Å²) in [6.45, 7) is -1.50. The van der Waals surface area contributed by atoms with Crippen LogP contribution in [0.2, 0.25) is 0 Å². The van der Waals surface area contributed by atoms with Crippen LogP contribution in [-0.4, -0.2) is 19.4 Å². The van der Waals surface area contributed by atoms with Gasteiger partial charge in [-0.05, 0) is 0 Å². The predicted octanol–water partition coefficient (Wildman–Crippen LogP) is -7.90. The molecule has 0 N–H and O–H groups in total. The third-order valence-electron chi connectivity index (χ3n) is 0. The summed E-state index contributed by atoms with van der Waals surface area (Å²) in [5.41, 5.74) is 0. The molecule has 0 aromatic rings. The SMILES string of the molecule is O=C[O-].O=C[O-].O=C[O-].[Li+].[S+2]. The molecule has 0 saturated heterocycles. The molecule has 0 unspecified atom stereocenters. The van der Waals surface area contributed by atoms with Crippen LogP contribution in [0.3, 0.4) is 0 Å². The maximum atomic E-state index is 8.25. The summed E-state index contributed by atoms with van der Waals surface area (Å²) in [6, 6.07) is 0. The summed E-state index contributed by atoms with van der Waals surface area (Å²) in [6.07, 6.45) is 0. The van der Waals surface area contributed by atoms with Crippen LogP contribution in [0.25, 0.3) is 0 Å². The summed E-state index contributed by atoms with van der Waals surface area (Å²) >= 11 is 0. The van der Waals surface area contributed by atoms with Gasteiger partial charge in [-0.25, -0.2) is 0 Å². The van der Waals surface area contributed by atoms with E-state index in [-0.39, 0.29) is 32.4 Å². The molecule has 6 nitrogen and oxygen atoms in total. The predicted molar refractivity (Wildman–Crippen MR) is 25.6 cm³/mol. The zero-order valence-corrected chi connectivity index (χ0v) is 6.41. The maximum absolute atomic E-state index is 8.25. The van der Waals surface area contributed by atoms with E-state index in [2.05, 4.69) is 0 Å². The Kier molecular flexibility index (Phi) is 338. The van der Waals surface area contributed by atoms with Crippen molar-refractivity contribution in [3.63, 3.8) is 0 Å². The summed E-state index contributed by atoms with van der Waals surface area (Å²) in [5.74, 6) is 0. The third kappa shape index (κ3) is 1230. The minimum atomic E-state index is -0.500. The van der Waals surface area contributed by atoms with E-state index in [0.717, 1.165) is 0 Å². The van der Waals surface area contributed by atoms with E-state index < -0.39 is 19.4 Å². The van der Waals surface area contributed by atoms with Crippen LogP contribution in [0.1, 0.15) is 0 Å². The van der Waals surface area contributed by atoms with Crippen LogP contribution >= 0.6 is 0 Å². The summed E-state index contributed by atoms with van der Waals surface area (Å²) in [4.78, 5) is 24.8. The van der Waals surface area contributed by atoms with Crippen LogP contribution < -0.4 is 34.2 Å². The Morgan fingerprint density at radius 1 is 0.727 bits per heavy atom. The Morgan fingerprint density at radius 3 is 0.727 bits per heavy atom. The van der Waals surface area contributed by atoms with E-state index in [9.17, 15) is 0 Å². The van der Waals surface area contributed by atoms with Gasteiger partial charge in [-0.2, -0.15) is 0 Å². The molecule has 0 amide bonds. The van der Waals surface area contributed by atoms with Gasteiger partial charge >= 0.3 is 32.4 Å². The molecule has 0 rings (SSSR count).